The molecule has 2 saturated heterocycles. The Morgan fingerprint density at radius 3 is 1.26 bits per heavy atom. The van der Waals surface area contributed by atoms with Crippen LogP contribution in [0.3, 0.4) is 0 Å². The second-order valence-corrected chi connectivity index (χ2v) is 15.3. The van der Waals surface area contributed by atoms with E-state index in [1.165, 1.54) is 21.9 Å². The summed E-state index contributed by atoms with van der Waals surface area (Å²) in [5, 5.41) is 0. The molecule has 2 heterocycles. The Hall–Kier alpha value is -3.57. The fraction of sp³-hybridized carbons (Fsp3) is 0.478. The van der Waals surface area contributed by atoms with Crippen LogP contribution in [0.4, 0.5) is 28.9 Å². The van der Waals surface area contributed by atoms with Crippen LogP contribution in [0.2, 0.25) is 0 Å². The summed E-state index contributed by atoms with van der Waals surface area (Å²) in [4.78, 5) is 28.8. The van der Waals surface area contributed by atoms with Crippen molar-refractivity contribution in [3.63, 3.8) is 0 Å². The number of carbonyl (C=O) groups excluding carboxylic acids is 2. The van der Waals surface area contributed by atoms with Gasteiger partial charge in [-0.1, -0.05) is 54.4 Å². The summed E-state index contributed by atoms with van der Waals surface area (Å²) >= 11 is 0. The number of hydrogen-bond acceptors (Lipinski definition) is 4. The number of amides is 2. The maximum absolute atomic E-state index is 14.2. The van der Waals surface area contributed by atoms with E-state index in [-0.39, 0.29) is 70.2 Å². The van der Waals surface area contributed by atoms with E-state index in [4.69, 9.17) is 9.47 Å². The molecular weight excluding hydrogens is 768 g/mol. The van der Waals surface area contributed by atoms with Crippen LogP contribution in [0, 0.1) is 46.2 Å². The van der Waals surface area contributed by atoms with Crippen molar-refractivity contribution in [2.45, 2.75) is 105 Å². The number of rotatable bonds is 12. The van der Waals surface area contributed by atoms with Crippen molar-refractivity contribution in [3.8, 4) is 0 Å². The van der Waals surface area contributed by atoms with Crippen LogP contribution < -0.4 is 9.80 Å². The van der Waals surface area contributed by atoms with Crippen molar-refractivity contribution in [1.29, 1.82) is 0 Å². The van der Waals surface area contributed by atoms with E-state index in [0.717, 1.165) is 50.7 Å². The Morgan fingerprint density at radius 1 is 0.667 bits per heavy atom. The summed E-state index contributed by atoms with van der Waals surface area (Å²) in [6.45, 7) is 13.3. The van der Waals surface area contributed by atoms with Gasteiger partial charge in [0.1, 0.15) is 0 Å². The molecule has 4 aromatic rings. The molecule has 2 fully saturated rings. The SMILES string of the molecule is CCCC(C)(C)C(=O)N(CC1CCCO1)c1ccc(F)[c-]c1F.CCCC(C)(C)C(=O)N(CC1CCCO1)c1ccc(F)[c-]c1F.[Ti+4].c1cc[cH-]c1.c1cc[cH-]c1. The smallest absolute Gasteiger partial charge is 0.376 e. The molecule has 57 heavy (non-hydrogen) atoms. The molecule has 6 rings (SSSR count). The Bertz CT molecular complexity index is 1540. The zero-order chi connectivity index (χ0) is 41.1. The Labute approximate surface area is 352 Å². The molecule has 2 aliphatic rings. The number of carbonyl (C=O) groups is 2. The van der Waals surface area contributed by atoms with Crippen molar-refractivity contribution < 1.29 is 58.3 Å². The van der Waals surface area contributed by atoms with Gasteiger partial charge in [-0.2, -0.15) is 36.4 Å². The van der Waals surface area contributed by atoms with Crippen molar-refractivity contribution in [3.05, 3.63) is 120 Å². The van der Waals surface area contributed by atoms with Crippen molar-refractivity contribution in [2.24, 2.45) is 10.8 Å². The average molecular weight is 827 g/mol. The van der Waals surface area contributed by atoms with Crippen LogP contribution >= 0.6 is 0 Å². The van der Waals surface area contributed by atoms with Gasteiger partial charge in [0.2, 0.25) is 11.8 Å². The fourth-order valence-corrected chi connectivity index (χ4v) is 6.69. The minimum Gasteiger partial charge on any atom is -0.376 e. The van der Waals surface area contributed by atoms with Crippen LogP contribution in [0.5, 0.6) is 0 Å². The number of benzene rings is 2. The van der Waals surface area contributed by atoms with Gasteiger partial charge in [0.15, 0.2) is 0 Å². The molecule has 2 aliphatic heterocycles. The third-order valence-electron chi connectivity index (χ3n) is 9.59. The van der Waals surface area contributed by atoms with Crippen molar-refractivity contribution in [2.75, 3.05) is 36.1 Å². The molecule has 6 nitrogen and oxygen atoms in total. The van der Waals surface area contributed by atoms with E-state index >= 15 is 0 Å². The molecule has 11 heteroatoms. The van der Waals surface area contributed by atoms with E-state index in [1.54, 1.807) is 0 Å². The first-order chi connectivity index (χ1) is 26.7. The zero-order valence-corrected chi connectivity index (χ0v) is 35.8. The van der Waals surface area contributed by atoms with Crippen LogP contribution in [0.25, 0.3) is 0 Å². The zero-order valence-electron chi connectivity index (χ0n) is 34.3. The average Bonchev–Trinajstić information content (AvgIpc) is 4.00. The van der Waals surface area contributed by atoms with Crippen LogP contribution in [0.1, 0.15) is 92.9 Å². The van der Waals surface area contributed by atoms with E-state index < -0.39 is 34.1 Å². The molecule has 2 atom stereocenters. The maximum atomic E-state index is 14.2. The van der Waals surface area contributed by atoms with E-state index in [0.29, 0.717) is 26.1 Å². The Morgan fingerprint density at radius 2 is 1.02 bits per heavy atom. The molecule has 0 radical (unpaired) electrons. The summed E-state index contributed by atoms with van der Waals surface area (Å²) < 4.78 is 65.8. The summed E-state index contributed by atoms with van der Waals surface area (Å²) in [5.41, 5.74) is -1.10. The molecule has 0 N–H and O–H groups in total. The van der Waals surface area contributed by atoms with Gasteiger partial charge in [0.25, 0.3) is 0 Å². The van der Waals surface area contributed by atoms with Gasteiger partial charge in [-0.3, -0.25) is 9.59 Å². The van der Waals surface area contributed by atoms with Crippen molar-refractivity contribution in [1.82, 2.24) is 0 Å². The van der Waals surface area contributed by atoms with Gasteiger partial charge in [0.05, 0.1) is 12.2 Å². The fourth-order valence-electron chi connectivity index (χ4n) is 6.69. The quantitative estimate of drug-likeness (QED) is 0.0811. The number of nitrogens with zero attached hydrogens (tertiary/aromatic N) is 2. The van der Waals surface area contributed by atoms with E-state index in [9.17, 15) is 27.2 Å². The Kier molecular flexibility index (Phi) is 21.8. The molecule has 0 aromatic heterocycles. The predicted octanol–water partition coefficient (Wildman–Crippen LogP) is 11.0. The molecule has 4 aromatic carbocycles. The molecular formula is C46H58F4N2O4Ti. The number of ether oxygens (including phenoxy) is 2. The molecule has 0 aliphatic carbocycles. The summed E-state index contributed by atoms with van der Waals surface area (Å²) in [7, 11) is 0. The van der Waals surface area contributed by atoms with Gasteiger partial charge >= 0.3 is 21.7 Å². The minimum absolute atomic E-state index is 0. The summed E-state index contributed by atoms with van der Waals surface area (Å²) in [5.74, 6) is -3.58. The van der Waals surface area contributed by atoms with Gasteiger partial charge in [-0.15, -0.1) is 36.4 Å². The standard InChI is InChI=1S/2C18H24F2NO2.2C5H5.Ti/c2*1-4-9-18(2,3)17(22)21(12-14-6-5-10-23-14)16-8-7-13(19)11-15(16)20;2*1-2-4-5-3-1;/h2*7-8,14H,4-6,9-10,12H2,1-3H3;2*1-5H;/q4*-1;+4. The largest absolute Gasteiger partial charge is 4.00 e. The second kappa shape index (κ2) is 25.0. The van der Waals surface area contributed by atoms with Crippen LogP contribution in [-0.4, -0.2) is 50.3 Å². The molecule has 2 amide bonds. The first kappa shape index (κ1) is 49.6. The predicted molar refractivity (Wildman–Crippen MR) is 214 cm³/mol. The maximum Gasteiger partial charge on any atom is 4.00 e. The topological polar surface area (TPSA) is 59.1 Å². The first-order valence-corrected chi connectivity index (χ1v) is 19.6. The van der Waals surface area contributed by atoms with E-state index in [1.807, 2.05) is 114 Å². The van der Waals surface area contributed by atoms with Gasteiger partial charge in [0, 0.05) is 60.4 Å². The van der Waals surface area contributed by atoms with E-state index in [2.05, 4.69) is 0 Å². The Balaban J connectivity index is 0.000000310. The van der Waals surface area contributed by atoms with Crippen molar-refractivity contribution >= 4 is 23.2 Å². The third-order valence-corrected chi connectivity index (χ3v) is 9.59. The van der Waals surface area contributed by atoms with Gasteiger partial charge in [-0.05, 0) is 49.9 Å². The molecule has 2 unspecified atom stereocenters. The number of anilines is 2. The number of hydrogen-bond donors (Lipinski definition) is 0. The minimum atomic E-state index is -0.844. The van der Waals surface area contributed by atoms with Gasteiger partial charge in [-0.25, -0.2) is 41.8 Å². The third kappa shape index (κ3) is 16.3. The molecule has 308 valence electrons. The summed E-state index contributed by atoms with van der Waals surface area (Å²) in [6, 6.07) is 28.9. The van der Waals surface area contributed by atoms with Gasteiger partial charge < -0.3 is 19.3 Å². The monoisotopic (exact) mass is 826 g/mol. The summed E-state index contributed by atoms with van der Waals surface area (Å²) in [6.07, 6.45) is 6.42. The molecule has 0 saturated carbocycles. The second-order valence-electron chi connectivity index (χ2n) is 15.3. The normalized spacial score (nSPS) is 16.1. The van der Waals surface area contributed by atoms with Crippen LogP contribution in [0.15, 0.2) is 84.9 Å². The molecule has 0 bridgehead atoms. The first-order valence-electron chi connectivity index (χ1n) is 19.6. The number of halogens is 4. The molecule has 0 spiro atoms. The van der Waals surface area contributed by atoms with Crippen LogP contribution in [-0.2, 0) is 40.8 Å².